The molecular weight excluding hydrogens is 190 g/mol. The summed E-state index contributed by atoms with van der Waals surface area (Å²) in [6.45, 7) is 1.65. The molecule has 1 N–H and O–H groups in total. The lowest BCUT2D eigenvalue weighted by molar-refractivity contribution is 0.319. The minimum absolute atomic E-state index is 0.342. The van der Waals surface area contributed by atoms with E-state index >= 15 is 0 Å². The van der Waals surface area contributed by atoms with Crippen LogP contribution in [0.4, 0.5) is 0 Å². The first kappa shape index (κ1) is 9.73. The number of rotatable bonds is 1. The van der Waals surface area contributed by atoms with Gasteiger partial charge in [-0.25, -0.2) is 0 Å². The van der Waals surface area contributed by atoms with Crippen LogP contribution in [0.1, 0.15) is 13.3 Å². The molecule has 4 nitrogen and oxygen atoms in total. The molecule has 0 aliphatic heterocycles. The third-order valence-electron chi connectivity index (χ3n) is 1.75. The minimum atomic E-state index is -2.15. The van der Waals surface area contributed by atoms with Crippen LogP contribution in [0.15, 0.2) is 29.0 Å². The van der Waals surface area contributed by atoms with Crippen LogP contribution in [0.5, 0.6) is 0 Å². The Labute approximate surface area is 77.4 Å². The molecule has 0 spiro atoms. The van der Waals surface area contributed by atoms with Gasteiger partial charge < -0.3 is 5.21 Å². The molecule has 0 radical (unpaired) electrons. The van der Waals surface area contributed by atoms with Gasteiger partial charge in [-0.2, -0.15) is 8.42 Å². The molecule has 0 aromatic carbocycles. The minimum Gasteiger partial charge on any atom is -0.411 e. The fourth-order valence-corrected chi connectivity index (χ4v) is 1.38. The van der Waals surface area contributed by atoms with Crippen molar-refractivity contribution in [2.24, 2.45) is 5.16 Å². The second kappa shape index (κ2) is 4.04. The Morgan fingerprint density at radius 3 is 2.62 bits per heavy atom. The van der Waals surface area contributed by atoms with Crippen LogP contribution < -0.4 is 0 Å². The van der Waals surface area contributed by atoms with Crippen LogP contribution in [-0.2, 0) is 10.3 Å². The third kappa shape index (κ3) is 2.29. The first-order valence-corrected chi connectivity index (χ1v) is 4.75. The van der Waals surface area contributed by atoms with Gasteiger partial charge in [-0.05, 0) is 18.6 Å². The van der Waals surface area contributed by atoms with Crippen molar-refractivity contribution in [1.82, 2.24) is 0 Å². The van der Waals surface area contributed by atoms with E-state index in [9.17, 15) is 8.42 Å². The predicted molar refractivity (Wildman–Crippen MR) is 50.7 cm³/mol. The summed E-state index contributed by atoms with van der Waals surface area (Å²) >= 11 is 0. The summed E-state index contributed by atoms with van der Waals surface area (Å²) < 4.78 is 21.0. The Hall–Kier alpha value is -1.36. The van der Waals surface area contributed by atoms with E-state index in [0.29, 0.717) is 17.0 Å². The first-order valence-electron chi connectivity index (χ1n) is 3.67. The Morgan fingerprint density at radius 1 is 1.54 bits per heavy atom. The lowest BCUT2D eigenvalue weighted by Gasteiger charge is -2.04. The highest BCUT2D eigenvalue weighted by Gasteiger charge is 2.05. The highest BCUT2D eigenvalue weighted by molar-refractivity contribution is 7.73. The van der Waals surface area contributed by atoms with E-state index in [1.54, 1.807) is 19.1 Å². The summed E-state index contributed by atoms with van der Waals surface area (Å²) in [6.07, 6.45) is 5.19. The maximum absolute atomic E-state index is 10.5. The van der Waals surface area contributed by atoms with Gasteiger partial charge in [0.2, 0.25) is 10.3 Å². The van der Waals surface area contributed by atoms with E-state index in [-0.39, 0.29) is 0 Å². The Kier molecular flexibility index (Phi) is 3.02. The van der Waals surface area contributed by atoms with Crippen molar-refractivity contribution in [3.63, 3.8) is 0 Å². The summed E-state index contributed by atoms with van der Waals surface area (Å²) in [4.78, 5) is 0.342. The number of hydrogen-bond acceptors (Lipinski definition) is 4. The summed E-state index contributed by atoms with van der Waals surface area (Å²) in [6, 6.07) is 0. The van der Waals surface area contributed by atoms with Gasteiger partial charge >= 0.3 is 0 Å². The van der Waals surface area contributed by atoms with Gasteiger partial charge in [-0.15, -0.1) is 0 Å². The van der Waals surface area contributed by atoms with Gasteiger partial charge in [0.05, 0.1) is 10.6 Å². The summed E-state index contributed by atoms with van der Waals surface area (Å²) in [7, 11) is -2.15. The smallest absolute Gasteiger partial charge is 0.217 e. The Balaban J connectivity index is 2.96. The average Bonchev–Trinajstić information content (AvgIpc) is 2.17. The SMILES string of the molecule is CC(=NO)C1=CCC(=S(=O)=O)C=C1. The van der Waals surface area contributed by atoms with Crippen LogP contribution in [0.2, 0.25) is 0 Å². The van der Waals surface area contributed by atoms with Crippen molar-refractivity contribution >= 4 is 20.9 Å². The molecule has 0 aromatic heterocycles. The molecule has 0 unspecified atom stereocenters. The molecule has 0 atom stereocenters. The van der Waals surface area contributed by atoms with Gasteiger partial charge in [-0.1, -0.05) is 17.3 Å². The zero-order valence-electron chi connectivity index (χ0n) is 7.06. The highest BCUT2D eigenvalue weighted by atomic mass is 32.2. The highest BCUT2D eigenvalue weighted by Crippen LogP contribution is 2.09. The zero-order valence-corrected chi connectivity index (χ0v) is 7.87. The van der Waals surface area contributed by atoms with Gasteiger partial charge in [0.1, 0.15) is 0 Å². The van der Waals surface area contributed by atoms with Crippen LogP contribution >= 0.6 is 0 Å². The molecule has 0 saturated heterocycles. The molecule has 0 aromatic rings. The summed E-state index contributed by atoms with van der Waals surface area (Å²) in [5, 5.41) is 11.5. The van der Waals surface area contributed by atoms with E-state index in [4.69, 9.17) is 5.21 Å². The number of hydrogen-bond donors (Lipinski definition) is 1. The molecule has 0 bridgehead atoms. The number of allylic oxidation sites excluding steroid dienone is 4. The fourth-order valence-electron chi connectivity index (χ4n) is 0.979. The third-order valence-corrected chi connectivity index (χ3v) is 2.48. The molecule has 0 saturated carbocycles. The monoisotopic (exact) mass is 199 g/mol. The van der Waals surface area contributed by atoms with E-state index in [0.717, 1.165) is 5.57 Å². The van der Waals surface area contributed by atoms with Crippen molar-refractivity contribution in [3.05, 3.63) is 23.8 Å². The van der Waals surface area contributed by atoms with Gasteiger partial charge in [0.15, 0.2) is 0 Å². The Bertz CT molecular complexity index is 418. The van der Waals surface area contributed by atoms with Crippen molar-refractivity contribution in [2.45, 2.75) is 13.3 Å². The molecule has 13 heavy (non-hydrogen) atoms. The lowest BCUT2D eigenvalue weighted by Crippen LogP contribution is -2.03. The molecule has 0 heterocycles. The van der Waals surface area contributed by atoms with Crippen molar-refractivity contribution < 1.29 is 13.6 Å². The maximum atomic E-state index is 10.5. The second-order valence-corrected chi connectivity index (χ2v) is 3.58. The first-order chi connectivity index (χ1) is 6.15. The van der Waals surface area contributed by atoms with Crippen LogP contribution in [0.3, 0.4) is 0 Å². The van der Waals surface area contributed by atoms with E-state index in [1.165, 1.54) is 6.08 Å². The lowest BCUT2D eigenvalue weighted by atomic mass is 10.0. The van der Waals surface area contributed by atoms with Crippen molar-refractivity contribution in [3.8, 4) is 0 Å². The number of oxime groups is 1. The number of nitrogens with zero attached hydrogens (tertiary/aromatic N) is 1. The molecule has 1 aliphatic rings. The van der Waals surface area contributed by atoms with E-state index in [1.807, 2.05) is 0 Å². The van der Waals surface area contributed by atoms with Gasteiger partial charge in [0.25, 0.3) is 0 Å². The molecule has 1 rings (SSSR count). The normalized spacial score (nSPS) is 17.2. The second-order valence-electron chi connectivity index (χ2n) is 2.58. The van der Waals surface area contributed by atoms with E-state index in [2.05, 4.69) is 5.16 Å². The van der Waals surface area contributed by atoms with Crippen molar-refractivity contribution in [2.75, 3.05) is 0 Å². The quantitative estimate of drug-likeness (QED) is 0.293. The summed E-state index contributed by atoms with van der Waals surface area (Å²) in [5.41, 5.74) is 1.23. The molecule has 5 heteroatoms. The van der Waals surface area contributed by atoms with E-state index < -0.39 is 10.3 Å². The van der Waals surface area contributed by atoms with Crippen LogP contribution in [0, 0.1) is 0 Å². The van der Waals surface area contributed by atoms with Crippen LogP contribution in [0.25, 0.3) is 0 Å². The maximum Gasteiger partial charge on any atom is 0.217 e. The Morgan fingerprint density at radius 2 is 2.23 bits per heavy atom. The fraction of sp³-hybridized carbons (Fsp3) is 0.250. The summed E-state index contributed by atoms with van der Waals surface area (Å²) in [5.74, 6) is 0. The average molecular weight is 199 g/mol. The predicted octanol–water partition coefficient (Wildman–Crippen LogP) is 0.774. The molecule has 0 amide bonds. The van der Waals surface area contributed by atoms with Gasteiger partial charge in [0, 0.05) is 6.42 Å². The van der Waals surface area contributed by atoms with Crippen LogP contribution in [-0.4, -0.2) is 24.2 Å². The van der Waals surface area contributed by atoms with Crippen molar-refractivity contribution in [1.29, 1.82) is 0 Å². The standard InChI is InChI=1S/C8H9NO3S/c1-6(9-10)7-2-4-8(5-3-7)13(11)12/h2-4,10H,5H2,1H3. The molecule has 1 aliphatic carbocycles. The molecular formula is C8H9NO3S. The zero-order chi connectivity index (χ0) is 9.84. The molecule has 0 fully saturated rings. The topological polar surface area (TPSA) is 66.7 Å². The largest absolute Gasteiger partial charge is 0.411 e. The molecule has 70 valence electrons. The van der Waals surface area contributed by atoms with Gasteiger partial charge in [-0.3, -0.25) is 0 Å².